The van der Waals surface area contributed by atoms with Crippen LogP contribution in [0.4, 0.5) is 0 Å². The fourth-order valence-electron chi connectivity index (χ4n) is 1.51. The summed E-state index contributed by atoms with van der Waals surface area (Å²) in [5.74, 6) is 1.26. The molecule has 3 nitrogen and oxygen atoms in total. The van der Waals surface area contributed by atoms with Crippen molar-refractivity contribution in [2.45, 2.75) is 33.2 Å². The van der Waals surface area contributed by atoms with Crippen molar-refractivity contribution < 1.29 is 9.21 Å². The van der Waals surface area contributed by atoms with E-state index in [1.807, 2.05) is 26.8 Å². The highest BCUT2D eigenvalue weighted by Gasteiger charge is 2.20. The molecule has 1 rings (SSSR count). The van der Waals surface area contributed by atoms with Gasteiger partial charge in [-0.1, -0.05) is 22.9 Å². The smallest absolute Gasteiger partial charge is 0.289 e. The Bertz CT molecular complexity index is 347. The Morgan fingerprint density at radius 1 is 1.50 bits per heavy atom. The molecule has 0 unspecified atom stereocenters. The van der Waals surface area contributed by atoms with Crippen LogP contribution >= 0.6 is 15.9 Å². The first-order valence-corrected chi connectivity index (χ1v) is 6.68. The number of furan rings is 1. The normalized spacial score (nSPS) is 10.8. The predicted octanol–water partition coefficient (Wildman–Crippen LogP) is 3.09. The topological polar surface area (TPSA) is 33.5 Å². The van der Waals surface area contributed by atoms with E-state index in [4.69, 9.17) is 4.42 Å². The van der Waals surface area contributed by atoms with E-state index >= 15 is 0 Å². The molecule has 0 saturated carbocycles. The first kappa shape index (κ1) is 13.3. The van der Waals surface area contributed by atoms with Crippen LogP contribution < -0.4 is 0 Å². The number of halogens is 1. The summed E-state index contributed by atoms with van der Waals surface area (Å²) in [7, 11) is 0. The summed E-state index contributed by atoms with van der Waals surface area (Å²) < 4.78 is 5.47. The summed E-state index contributed by atoms with van der Waals surface area (Å²) in [4.78, 5) is 13.9. The summed E-state index contributed by atoms with van der Waals surface area (Å²) in [5, 5.41) is 0.776. The second-order valence-corrected chi connectivity index (χ2v) is 4.69. The molecule has 0 N–H and O–H groups in total. The maximum Gasteiger partial charge on any atom is 0.289 e. The van der Waals surface area contributed by atoms with Gasteiger partial charge in [-0.2, -0.15) is 0 Å². The molecular formula is C12H18BrNO2. The molecule has 1 aromatic rings. The number of aryl methyl sites for hydroxylation is 1. The van der Waals surface area contributed by atoms with Gasteiger partial charge in [0.25, 0.3) is 5.91 Å². The summed E-state index contributed by atoms with van der Waals surface area (Å²) in [6, 6.07) is 3.80. The zero-order valence-corrected chi connectivity index (χ0v) is 11.6. The minimum absolute atomic E-state index is 0.0332. The number of alkyl halides is 1. The van der Waals surface area contributed by atoms with Crippen molar-refractivity contribution in [3.8, 4) is 0 Å². The van der Waals surface area contributed by atoms with E-state index in [1.54, 1.807) is 11.0 Å². The third-order valence-corrected chi connectivity index (χ3v) is 2.79. The standard InChI is InChI=1S/C12H18BrNO2/c1-4-10-5-6-11(16-10)12(15)14(8-7-13)9(2)3/h5-6,9H,4,7-8H2,1-3H3. The summed E-state index contributed by atoms with van der Waals surface area (Å²) >= 11 is 3.35. The highest BCUT2D eigenvalue weighted by atomic mass is 79.9. The van der Waals surface area contributed by atoms with Crippen molar-refractivity contribution in [3.63, 3.8) is 0 Å². The van der Waals surface area contributed by atoms with Gasteiger partial charge in [0.1, 0.15) is 5.76 Å². The van der Waals surface area contributed by atoms with Crippen molar-refractivity contribution in [3.05, 3.63) is 23.7 Å². The zero-order chi connectivity index (χ0) is 12.1. The van der Waals surface area contributed by atoms with Gasteiger partial charge in [0.05, 0.1) is 0 Å². The number of hydrogen-bond acceptors (Lipinski definition) is 2. The van der Waals surface area contributed by atoms with E-state index in [0.29, 0.717) is 12.3 Å². The van der Waals surface area contributed by atoms with Gasteiger partial charge in [0.2, 0.25) is 0 Å². The van der Waals surface area contributed by atoms with Crippen LogP contribution in [0.25, 0.3) is 0 Å². The Hall–Kier alpha value is -0.770. The number of nitrogens with zero attached hydrogens (tertiary/aromatic N) is 1. The molecule has 0 atom stereocenters. The molecule has 0 aliphatic carbocycles. The zero-order valence-electron chi connectivity index (χ0n) is 10.00. The third kappa shape index (κ3) is 3.11. The van der Waals surface area contributed by atoms with Crippen molar-refractivity contribution in [2.24, 2.45) is 0 Å². The van der Waals surface area contributed by atoms with Crippen molar-refractivity contribution in [1.82, 2.24) is 4.90 Å². The number of amides is 1. The van der Waals surface area contributed by atoms with Crippen molar-refractivity contribution in [2.75, 3.05) is 11.9 Å². The lowest BCUT2D eigenvalue weighted by Gasteiger charge is -2.24. The molecular weight excluding hydrogens is 270 g/mol. The first-order chi connectivity index (χ1) is 7.60. The Labute approximate surface area is 105 Å². The average Bonchev–Trinajstić information content (AvgIpc) is 2.73. The van der Waals surface area contributed by atoms with Gasteiger partial charge in [-0.3, -0.25) is 4.79 Å². The van der Waals surface area contributed by atoms with Gasteiger partial charge >= 0.3 is 0 Å². The molecule has 0 fully saturated rings. The number of hydrogen-bond donors (Lipinski definition) is 0. The van der Waals surface area contributed by atoms with Gasteiger partial charge in [0.15, 0.2) is 5.76 Å². The van der Waals surface area contributed by atoms with E-state index in [0.717, 1.165) is 17.5 Å². The van der Waals surface area contributed by atoms with E-state index in [2.05, 4.69) is 15.9 Å². The fraction of sp³-hybridized carbons (Fsp3) is 0.583. The van der Waals surface area contributed by atoms with Crippen molar-refractivity contribution in [1.29, 1.82) is 0 Å². The third-order valence-electron chi connectivity index (χ3n) is 2.43. The molecule has 1 amide bonds. The van der Waals surface area contributed by atoms with E-state index < -0.39 is 0 Å². The molecule has 16 heavy (non-hydrogen) atoms. The minimum Gasteiger partial charge on any atom is -0.456 e. The molecule has 4 heteroatoms. The summed E-state index contributed by atoms with van der Waals surface area (Å²) in [6.45, 7) is 6.71. The van der Waals surface area contributed by atoms with Crippen LogP contribution in [0.1, 0.15) is 37.1 Å². The largest absolute Gasteiger partial charge is 0.456 e. The summed E-state index contributed by atoms with van der Waals surface area (Å²) in [5.41, 5.74) is 0. The van der Waals surface area contributed by atoms with E-state index in [-0.39, 0.29) is 11.9 Å². The molecule has 0 saturated heterocycles. The average molecular weight is 288 g/mol. The van der Waals surface area contributed by atoms with Gasteiger partial charge in [-0.05, 0) is 26.0 Å². The quantitative estimate of drug-likeness (QED) is 0.780. The van der Waals surface area contributed by atoms with Crippen LogP contribution in [0.5, 0.6) is 0 Å². The van der Waals surface area contributed by atoms with Crippen LogP contribution in [0.15, 0.2) is 16.5 Å². The van der Waals surface area contributed by atoms with Crippen LogP contribution in [0.3, 0.4) is 0 Å². The van der Waals surface area contributed by atoms with Gasteiger partial charge in [-0.25, -0.2) is 0 Å². The highest BCUT2D eigenvalue weighted by Crippen LogP contribution is 2.13. The van der Waals surface area contributed by atoms with E-state index in [9.17, 15) is 4.79 Å². The maximum atomic E-state index is 12.1. The molecule has 0 spiro atoms. The second-order valence-electron chi connectivity index (χ2n) is 3.90. The van der Waals surface area contributed by atoms with Gasteiger partial charge < -0.3 is 9.32 Å². The van der Waals surface area contributed by atoms with Crippen LogP contribution in [-0.2, 0) is 6.42 Å². The lowest BCUT2D eigenvalue weighted by molar-refractivity contribution is 0.0685. The van der Waals surface area contributed by atoms with Gasteiger partial charge in [-0.15, -0.1) is 0 Å². The molecule has 0 bridgehead atoms. The lowest BCUT2D eigenvalue weighted by atomic mass is 10.3. The SMILES string of the molecule is CCc1ccc(C(=O)N(CCBr)C(C)C)o1. The molecule has 1 aromatic heterocycles. The number of carbonyl (C=O) groups excluding carboxylic acids is 1. The molecule has 1 heterocycles. The number of rotatable bonds is 5. The summed E-state index contributed by atoms with van der Waals surface area (Å²) in [6.07, 6.45) is 0.813. The first-order valence-electron chi connectivity index (χ1n) is 5.55. The predicted molar refractivity (Wildman–Crippen MR) is 68.1 cm³/mol. The van der Waals surface area contributed by atoms with Gasteiger partial charge in [0, 0.05) is 24.3 Å². The Kier molecular flexibility index (Phi) is 5.06. The Morgan fingerprint density at radius 3 is 2.62 bits per heavy atom. The maximum absolute atomic E-state index is 12.1. The van der Waals surface area contributed by atoms with E-state index in [1.165, 1.54) is 0 Å². The molecule has 0 radical (unpaired) electrons. The number of carbonyl (C=O) groups is 1. The lowest BCUT2D eigenvalue weighted by Crippen LogP contribution is -2.38. The highest BCUT2D eigenvalue weighted by molar-refractivity contribution is 9.09. The van der Waals surface area contributed by atoms with Crippen LogP contribution in [0.2, 0.25) is 0 Å². The van der Waals surface area contributed by atoms with Crippen molar-refractivity contribution >= 4 is 21.8 Å². The Morgan fingerprint density at radius 2 is 2.19 bits per heavy atom. The Balaban J connectivity index is 2.81. The minimum atomic E-state index is -0.0332. The monoisotopic (exact) mass is 287 g/mol. The second kappa shape index (κ2) is 6.09. The molecule has 0 aliphatic heterocycles. The fourth-order valence-corrected chi connectivity index (χ4v) is 1.89. The molecule has 90 valence electrons. The molecule has 0 aliphatic rings. The van der Waals surface area contributed by atoms with Crippen LogP contribution in [-0.4, -0.2) is 28.7 Å². The molecule has 0 aromatic carbocycles. The van der Waals surface area contributed by atoms with Crippen LogP contribution in [0, 0.1) is 0 Å².